The molecule has 0 aromatic heterocycles. The monoisotopic (exact) mass is 203 g/mol. The van der Waals surface area contributed by atoms with Crippen molar-refractivity contribution < 1.29 is 5.11 Å². The molecule has 1 aliphatic rings. The molecule has 2 atom stereocenters. The van der Waals surface area contributed by atoms with E-state index in [4.69, 9.17) is 5.11 Å². The molecule has 2 heteroatoms. The zero-order chi connectivity index (χ0) is 10.5. The van der Waals surface area contributed by atoms with Crippen LogP contribution in [0, 0.1) is 5.92 Å². The Bertz CT molecular complexity index is 321. The molecular weight excluding hydrogens is 186 g/mol. The number of rotatable bonds is 3. The molecule has 0 radical (unpaired) electrons. The quantitative estimate of drug-likeness (QED) is 0.783. The molecule has 1 aliphatic heterocycles. The second-order valence-corrected chi connectivity index (χ2v) is 4.07. The maximum atomic E-state index is 9.00. The molecular formula is C13H17NO. The van der Waals surface area contributed by atoms with Crippen molar-refractivity contribution in [1.29, 1.82) is 0 Å². The smallest absolute Gasteiger partial charge is 0.0472 e. The van der Waals surface area contributed by atoms with E-state index < -0.39 is 0 Å². The molecule has 2 unspecified atom stereocenters. The summed E-state index contributed by atoms with van der Waals surface area (Å²) in [5.74, 6) is 0.426. The van der Waals surface area contributed by atoms with Crippen LogP contribution in [0.1, 0.15) is 12.0 Å². The van der Waals surface area contributed by atoms with Crippen LogP contribution in [-0.4, -0.2) is 24.3 Å². The first-order valence-corrected chi connectivity index (χ1v) is 5.46. The maximum Gasteiger partial charge on any atom is 0.0472 e. The number of aliphatic hydroxyl groups excluding tert-OH is 1. The van der Waals surface area contributed by atoms with E-state index in [2.05, 4.69) is 29.6 Å². The molecule has 2 nitrogen and oxygen atoms in total. The lowest BCUT2D eigenvalue weighted by atomic mass is 10.1. The highest BCUT2D eigenvalue weighted by atomic mass is 16.3. The van der Waals surface area contributed by atoms with Crippen LogP contribution in [0.5, 0.6) is 0 Å². The van der Waals surface area contributed by atoms with Crippen molar-refractivity contribution in [2.45, 2.75) is 12.5 Å². The first-order chi connectivity index (χ1) is 7.38. The predicted octanol–water partition coefficient (Wildman–Crippen LogP) is 1.67. The van der Waals surface area contributed by atoms with Crippen molar-refractivity contribution in [3.05, 3.63) is 42.0 Å². The summed E-state index contributed by atoms with van der Waals surface area (Å²) < 4.78 is 0. The van der Waals surface area contributed by atoms with Crippen LogP contribution >= 0.6 is 0 Å². The molecule has 1 aromatic rings. The van der Waals surface area contributed by atoms with E-state index in [1.807, 2.05) is 18.2 Å². The van der Waals surface area contributed by atoms with Gasteiger partial charge in [-0.2, -0.15) is 0 Å². The molecule has 0 bridgehead atoms. The Labute approximate surface area is 90.6 Å². The highest BCUT2D eigenvalue weighted by Crippen LogP contribution is 2.15. The maximum absolute atomic E-state index is 9.00. The largest absolute Gasteiger partial charge is 0.396 e. The standard InChI is InChI=1S/C13H17NO/c15-10-12-8-13(14-9-12)7-6-11-4-2-1-3-5-11/h1-7,12-15H,8-10H2. The molecule has 1 aromatic carbocycles. The normalized spacial score (nSPS) is 26.2. The molecule has 2 N–H and O–H groups in total. The van der Waals surface area contributed by atoms with Crippen LogP contribution in [-0.2, 0) is 0 Å². The van der Waals surface area contributed by atoms with Gasteiger partial charge in [-0.1, -0.05) is 42.5 Å². The van der Waals surface area contributed by atoms with Crippen LogP contribution in [0.3, 0.4) is 0 Å². The molecule has 1 saturated heterocycles. The van der Waals surface area contributed by atoms with Crippen LogP contribution in [0.15, 0.2) is 36.4 Å². The van der Waals surface area contributed by atoms with Gasteiger partial charge in [0, 0.05) is 19.2 Å². The SMILES string of the molecule is OCC1CNC(C=Cc2ccccc2)C1. The summed E-state index contributed by atoms with van der Waals surface area (Å²) in [5, 5.41) is 12.4. The molecule has 1 heterocycles. The molecule has 0 saturated carbocycles. The number of hydrogen-bond donors (Lipinski definition) is 2. The Morgan fingerprint density at radius 2 is 2.13 bits per heavy atom. The van der Waals surface area contributed by atoms with Gasteiger partial charge in [0.1, 0.15) is 0 Å². The van der Waals surface area contributed by atoms with Crippen molar-refractivity contribution >= 4 is 6.08 Å². The molecule has 0 aliphatic carbocycles. The summed E-state index contributed by atoms with van der Waals surface area (Å²) in [7, 11) is 0. The third kappa shape index (κ3) is 2.91. The summed E-state index contributed by atoms with van der Waals surface area (Å²) in [5.41, 5.74) is 1.23. The number of hydrogen-bond acceptors (Lipinski definition) is 2. The van der Waals surface area contributed by atoms with E-state index in [1.54, 1.807) is 0 Å². The Morgan fingerprint density at radius 3 is 2.80 bits per heavy atom. The summed E-state index contributed by atoms with van der Waals surface area (Å²) in [6, 6.07) is 10.7. The average molecular weight is 203 g/mol. The van der Waals surface area contributed by atoms with E-state index in [0.29, 0.717) is 18.6 Å². The topological polar surface area (TPSA) is 32.3 Å². The molecule has 0 spiro atoms. The average Bonchev–Trinajstić information content (AvgIpc) is 2.76. The second-order valence-electron chi connectivity index (χ2n) is 4.07. The van der Waals surface area contributed by atoms with Gasteiger partial charge in [-0.25, -0.2) is 0 Å². The fraction of sp³-hybridized carbons (Fsp3) is 0.385. The summed E-state index contributed by atoms with van der Waals surface area (Å²) in [6.07, 6.45) is 5.36. The highest BCUT2D eigenvalue weighted by molar-refractivity contribution is 5.49. The van der Waals surface area contributed by atoms with Gasteiger partial charge < -0.3 is 10.4 Å². The van der Waals surface area contributed by atoms with Crippen molar-refractivity contribution in [3.8, 4) is 0 Å². The highest BCUT2D eigenvalue weighted by Gasteiger charge is 2.20. The van der Waals surface area contributed by atoms with Crippen LogP contribution < -0.4 is 5.32 Å². The third-order valence-corrected chi connectivity index (χ3v) is 2.83. The Morgan fingerprint density at radius 1 is 1.33 bits per heavy atom. The molecule has 1 fully saturated rings. The lowest BCUT2D eigenvalue weighted by molar-refractivity contribution is 0.236. The fourth-order valence-corrected chi connectivity index (χ4v) is 1.92. The van der Waals surface area contributed by atoms with Crippen LogP contribution in [0.4, 0.5) is 0 Å². The van der Waals surface area contributed by atoms with Gasteiger partial charge in [0.2, 0.25) is 0 Å². The summed E-state index contributed by atoms with van der Waals surface area (Å²) in [4.78, 5) is 0. The number of aliphatic hydroxyl groups is 1. The molecule has 80 valence electrons. The number of benzene rings is 1. The first kappa shape index (κ1) is 10.4. The van der Waals surface area contributed by atoms with E-state index in [-0.39, 0.29) is 0 Å². The van der Waals surface area contributed by atoms with E-state index in [0.717, 1.165) is 13.0 Å². The van der Waals surface area contributed by atoms with Crippen molar-refractivity contribution in [1.82, 2.24) is 5.32 Å². The number of nitrogens with one attached hydrogen (secondary N) is 1. The predicted molar refractivity (Wildman–Crippen MR) is 62.5 cm³/mol. The first-order valence-electron chi connectivity index (χ1n) is 5.46. The van der Waals surface area contributed by atoms with Crippen LogP contribution in [0.2, 0.25) is 0 Å². The van der Waals surface area contributed by atoms with Gasteiger partial charge >= 0.3 is 0 Å². The minimum atomic E-state index is 0.294. The molecule has 0 amide bonds. The van der Waals surface area contributed by atoms with E-state index >= 15 is 0 Å². The van der Waals surface area contributed by atoms with Crippen molar-refractivity contribution in [3.63, 3.8) is 0 Å². The second kappa shape index (κ2) is 5.10. The lowest BCUT2D eigenvalue weighted by Gasteiger charge is -2.03. The zero-order valence-electron chi connectivity index (χ0n) is 8.76. The zero-order valence-corrected chi connectivity index (χ0v) is 8.76. The minimum Gasteiger partial charge on any atom is -0.396 e. The Hall–Kier alpha value is -1.12. The molecule has 15 heavy (non-hydrogen) atoms. The minimum absolute atomic E-state index is 0.294. The summed E-state index contributed by atoms with van der Waals surface area (Å²) in [6.45, 7) is 1.23. The van der Waals surface area contributed by atoms with Crippen molar-refractivity contribution in [2.24, 2.45) is 5.92 Å². The van der Waals surface area contributed by atoms with Crippen molar-refractivity contribution in [2.75, 3.05) is 13.2 Å². The Kier molecular flexibility index (Phi) is 3.54. The fourth-order valence-electron chi connectivity index (χ4n) is 1.92. The van der Waals surface area contributed by atoms with Gasteiger partial charge in [0.15, 0.2) is 0 Å². The van der Waals surface area contributed by atoms with Gasteiger partial charge in [0.05, 0.1) is 0 Å². The van der Waals surface area contributed by atoms with E-state index in [1.165, 1.54) is 5.56 Å². The third-order valence-electron chi connectivity index (χ3n) is 2.83. The molecule has 2 rings (SSSR count). The Balaban J connectivity index is 1.90. The van der Waals surface area contributed by atoms with Crippen LogP contribution in [0.25, 0.3) is 6.08 Å². The van der Waals surface area contributed by atoms with Gasteiger partial charge in [-0.15, -0.1) is 0 Å². The van der Waals surface area contributed by atoms with Gasteiger partial charge in [0.25, 0.3) is 0 Å². The van der Waals surface area contributed by atoms with E-state index in [9.17, 15) is 0 Å². The summed E-state index contributed by atoms with van der Waals surface area (Å²) >= 11 is 0. The van der Waals surface area contributed by atoms with Gasteiger partial charge in [-0.3, -0.25) is 0 Å². The van der Waals surface area contributed by atoms with Gasteiger partial charge in [-0.05, 0) is 17.9 Å². The lowest BCUT2D eigenvalue weighted by Crippen LogP contribution is -2.18.